The number of carboxylic acids is 1. The van der Waals surface area contributed by atoms with E-state index in [4.69, 9.17) is 0 Å². The molecule has 1 aromatic heterocycles. The third-order valence-electron chi connectivity index (χ3n) is 4.43. The fourth-order valence-corrected chi connectivity index (χ4v) is 3.79. The lowest BCUT2D eigenvalue weighted by Gasteiger charge is -2.26. The van der Waals surface area contributed by atoms with Crippen LogP contribution in [-0.4, -0.2) is 53.2 Å². The largest absolute Gasteiger partial charge is 0.481 e. The van der Waals surface area contributed by atoms with E-state index in [0.29, 0.717) is 11.7 Å². The van der Waals surface area contributed by atoms with Crippen LogP contribution in [0.2, 0.25) is 0 Å². The first-order chi connectivity index (χ1) is 9.90. The van der Waals surface area contributed by atoms with Gasteiger partial charge in [-0.25, -0.2) is 4.98 Å². The SMILES string of the molecule is CCN(CC)C1CCN(c2nc(C(C)(C)C(=O)O)cs2)C1. The molecule has 6 heteroatoms. The monoisotopic (exact) mass is 311 g/mol. The van der Waals surface area contributed by atoms with Crippen molar-refractivity contribution in [1.29, 1.82) is 0 Å². The Kier molecular flexibility index (Phi) is 4.88. The summed E-state index contributed by atoms with van der Waals surface area (Å²) in [5.41, 5.74) is -0.270. The van der Waals surface area contributed by atoms with Gasteiger partial charge < -0.3 is 10.0 Å². The molecule has 5 nitrogen and oxygen atoms in total. The van der Waals surface area contributed by atoms with Crippen molar-refractivity contribution >= 4 is 22.4 Å². The van der Waals surface area contributed by atoms with Crippen molar-refractivity contribution in [2.45, 2.75) is 45.6 Å². The lowest BCUT2D eigenvalue weighted by atomic mass is 9.90. The van der Waals surface area contributed by atoms with Crippen LogP contribution in [0.25, 0.3) is 0 Å². The van der Waals surface area contributed by atoms with Crippen LogP contribution in [-0.2, 0) is 10.2 Å². The summed E-state index contributed by atoms with van der Waals surface area (Å²) in [4.78, 5) is 20.7. The van der Waals surface area contributed by atoms with E-state index in [9.17, 15) is 9.90 Å². The molecule has 0 amide bonds. The lowest BCUT2D eigenvalue weighted by Crippen LogP contribution is -2.37. The Hall–Kier alpha value is -1.14. The van der Waals surface area contributed by atoms with Gasteiger partial charge >= 0.3 is 5.97 Å². The molecule has 1 fully saturated rings. The Labute approximate surface area is 130 Å². The van der Waals surface area contributed by atoms with Crippen molar-refractivity contribution < 1.29 is 9.90 Å². The molecular weight excluding hydrogens is 286 g/mol. The van der Waals surface area contributed by atoms with E-state index in [0.717, 1.165) is 37.7 Å². The van der Waals surface area contributed by atoms with E-state index in [1.165, 1.54) is 0 Å². The van der Waals surface area contributed by atoms with E-state index in [-0.39, 0.29) is 0 Å². The molecule has 0 aromatic carbocycles. The number of anilines is 1. The van der Waals surface area contributed by atoms with Crippen LogP contribution < -0.4 is 4.90 Å². The number of rotatable bonds is 6. The summed E-state index contributed by atoms with van der Waals surface area (Å²) >= 11 is 1.55. The Bertz CT molecular complexity index is 497. The molecule has 0 spiro atoms. The Morgan fingerprint density at radius 2 is 2.19 bits per heavy atom. The minimum absolute atomic E-state index is 0.583. The number of hydrogen-bond donors (Lipinski definition) is 1. The highest BCUT2D eigenvalue weighted by molar-refractivity contribution is 7.13. The number of carboxylic acid groups (broad SMARTS) is 1. The van der Waals surface area contributed by atoms with E-state index in [1.807, 2.05) is 5.38 Å². The van der Waals surface area contributed by atoms with Gasteiger partial charge in [-0.1, -0.05) is 13.8 Å². The van der Waals surface area contributed by atoms with E-state index in [2.05, 4.69) is 28.6 Å². The number of hydrogen-bond acceptors (Lipinski definition) is 5. The summed E-state index contributed by atoms with van der Waals surface area (Å²) in [6, 6.07) is 0.583. The summed E-state index contributed by atoms with van der Waals surface area (Å²) in [5.74, 6) is -0.832. The average Bonchev–Trinajstić information content (AvgIpc) is 3.08. The molecule has 1 aliphatic rings. The highest BCUT2D eigenvalue weighted by Crippen LogP contribution is 2.31. The second-order valence-corrected chi connectivity index (χ2v) is 6.89. The fraction of sp³-hybridized carbons (Fsp3) is 0.733. The van der Waals surface area contributed by atoms with Gasteiger partial charge in [-0.3, -0.25) is 9.69 Å². The minimum Gasteiger partial charge on any atom is -0.481 e. The minimum atomic E-state index is -0.924. The first kappa shape index (κ1) is 16.2. The van der Waals surface area contributed by atoms with Crippen molar-refractivity contribution in [3.8, 4) is 0 Å². The molecule has 21 heavy (non-hydrogen) atoms. The van der Waals surface area contributed by atoms with Gasteiger partial charge in [0.2, 0.25) is 0 Å². The van der Waals surface area contributed by atoms with Crippen molar-refractivity contribution in [2.24, 2.45) is 0 Å². The predicted molar refractivity (Wildman–Crippen MR) is 86.3 cm³/mol. The van der Waals surface area contributed by atoms with Gasteiger partial charge in [0.05, 0.1) is 5.69 Å². The zero-order chi connectivity index (χ0) is 15.6. The molecule has 2 rings (SSSR count). The third-order valence-corrected chi connectivity index (χ3v) is 5.33. The molecule has 1 aliphatic heterocycles. The first-order valence-electron chi connectivity index (χ1n) is 7.58. The number of carbonyl (C=O) groups is 1. The molecule has 1 atom stereocenters. The highest BCUT2D eigenvalue weighted by atomic mass is 32.1. The highest BCUT2D eigenvalue weighted by Gasteiger charge is 2.34. The second-order valence-electron chi connectivity index (χ2n) is 6.06. The fourth-order valence-electron chi connectivity index (χ4n) is 2.76. The van der Waals surface area contributed by atoms with Crippen LogP contribution in [0, 0.1) is 0 Å². The van der Waals surface area contributed by atoms with Gasteiger partial charge in [-0.15, -0.1) is 11.3 Å². The topological polar surface area (TPSA) is 56.7 Å². The maximum Gasteiger partial charge on any atom is 0.315 e. The molecule has 1 N–H and O–H groups in total. The van der Waals surface area contributed by atoms with Crippen molar-refractivity contribution in [2.75, 3.05) is 31.1 Å². The molecule has 2 heterocycles. The van der Waals surface area contributed by atoms with Gasteiger partial charge in [0.15, 0.2) is 5.13 Å². The van der Waals surface area contributed by atoms with Gasteiger partial charge in [-0.05, 0) is 33.4 Å². The number of nitrogens with zero attached hydrogens (tertiary/aromatic N) is 3. The van der Waals surface area contributed by atoms with Crippen molar-refractivity contribution in [3.05, 3.63) is 11.1 Å². The Morgan fingerprint density at radius 3 is 2.76 bits per heavy atom. The Balaban J connectivity index is 2.08. The normalized spacial score (nSPS) is 19.5. The average molecular weight is 311 g/mol. The Morgan fingerprint density at radius 1 is 1.52 bits per heavy atom. The molecular formula is C15H25N3O2S. The van der Waals surface area contributed by atoms with Gasteiger partial charge in [0, 0.05) is 24.5 Å². The van der Waals surface area contributed by atoms with Crippen molar-refractivity contribution in [1.82, 2.24) is 9.88 Å². The van der Waals surface area contributed by atoms with Gasteiger partial charge in [0.1, 0.15) is 5.41 Å². The predicted octanol–water partition coefficient (Wildman–Crippen LogP) is 2.43. The van der Waals surface area contributed by atoms with Gasteiger partial charge in [0.25, 0.3) is 0 Å². The zero-order valence-electron chi connectivity index (χ0n) is 13.3. The number of aromatic nitrogens is 1. The molecule has 0 saturated carbocycles. The molecule has 0 aliphatic carbocycles. The summed E-state index contributed by atoms with van der Waals surface area (Å²) < 4.78 is 0. The second kappa shape index (κ2) is 6.32. The quantitative estimate of drug-likeness (QED) is 0.874. The number of likely N-dealkylation sites (N-methyl/N-ethyl adjacent to an activating group) is 1. The number of aliphatic carboxylic acids is 1. The molecule has 1 unspecified atom stereocenters. The van der Waals surface area contributed by atoms with Crippen LogP contribution in [0.1, 0.15) is 39.8 Å². The summed E-state index contributed by atoms with van der Waals surface area (Å²) in [6.07, 6.45) is 1.15. The molecule has 0 bridgehead atoms. The standard InChI is InChI=1S/C15H25N3O2S/c1-5-17(6-2)11-7-8-18(9-11)14-16-12(10-21-14)15(3,4)13(19)20/h10-11H,5-9H2,1-4H3,(H,19,20). The molecule has 1 aromatic rings. The summed E-state index contributed by atoms with van der Waals surface area (Å²) in [7, 11) is 0. The van der Waals surface area contributed by atoms with E-state index >= 15 is 0 Å². The van der Waals surface area contributed by atoms with Crippen LogP contribution in [0.15, 0.2) is 5.38 Å². The zero-order valence-corrected chi connectivity index (χ0v) is 14.1. The smallest absolute Gasteiger partial charge is 0.315 e. The first-order valence-corrected chi connectivity index (χ1v) is 8.46. The van der Waals surface area contributed by atoms with Crippen LogP contribution >= 0.6 is 11.3 Å². The third kappa shape index (κ3) is 3.21. The summed E-state index contributed by atoms with van der Waals surface area (Å²) in [6.45, 7) is 11.9. The van der Waals surface area contributed by atoms with Crippen LogP contribution in [0.5, 0.6) is 0 Å². The van der Waals surface area contributed by atoms with Crippen molar-refractivity contribution in [3.63, 3.8) is 0 Å². The van der Waals surface area contributed by atoms with Gasteiger partial charge in [-0.2, -0.15) is 0 Å². The van der Waals surface area contributed by atoms with Crippen LogP contribution in [0.3, 0.4) is 0 Å². The number of thiazole rings is 1. The molecule has 1 saturated heterocycles. The molecule has 118 valence electrons. The summed E-state index contributed by atoms with van der Waals surface area (Å²) in [5, 5.41) is 12.1. The lowest BCUT2D eigenvalue weighted by molar-refractivity contribution is -0.142. The maximum atomic E-state index is 11.3. The maximum absolute atomic E-state index is 11.3. The molecule has 0 radical (unpaired) electrons. The van der Waals surface area contributed by atoms with Crippen LogP contribution in [0.4, 0.5) is 5.13 Å². The van der Waals surface area contributed by atoms with E-state index in [1.54, 1.807) is 25.2 Å². The van der Waals surface area contributed by atoms with E-state index < -0.39 is 11.4 Å².